The number of halogens is 2. The Morgan fingerprint density at radius 1 is 1.45 bits per heavy atom. The molecule has 0 aliphatic rings. The van der Waals surface area contributed by atoms with E-state index in [4.69, 9.17) is 0 Å². The minimum atomic E-state index is -0.717. The molecule has 66 valence electrons. The molecular formula is C8H16Br2Si. The minimum absolute atomic E-state index is 0.717. The monoisotopic (exact) mass is 298 g/mol. The van der Waals surface area contributed by atoms with E-state index in [9.17, 15) is 0 Å². The maximum Gasteiger partial charge on any atom is 0.189 e. The number of hydrogen-bond donors (Lipinski definition) is 0. The topological polar surface area (TPSA) is 0 Å². The van der Waals surface area contributed by atoms with Crippen LogP contribution in [0.2, 0.25) is 5.54 Å². The van der Waals surface area contributed by atoms with Gasteiger partial charge in [-0.2, -0.15) is 0 Å². The fourth-order valence-corrected chi connectivity index (χ4v) is 2.95. The maximum atomic E-state index is 3.70. The number of hydrogen-bond acceptors (Lipinski definition) is 0. The van der Waals surface area contributed by atoms with Gasteiger partial charge in [-0.25, -0.2) is 0 Å². The first-order valence-electron chi connectivity index (χ1n) is 4.07. The predicted molar refractivity (Wildman–Crippen MR) is 63.1 cm³/mol. The van der Waals surface area contributed by atoms with Crippen molar-refractivity contribution in [1.82, 2.24) is 0 Å². The molecule has 0 spiro atoms. The van der Waals surface area contributed by atoms with Gasteiger partial charge in [0.1, 0.15) is 0 Å². The lowest BCUT2D eigenvalue weighted by Gasteiger charge is -2.09. The van der Waals surface area contributed by atoms with Gasteiger partial charge in [-0.05, 0) is 18.4 Å². The van der Waals surface area contributed by atoms with Crippen molar-refractivity contribution in [2.75, 3.05) is 0 Å². The molecular weight excluding hydrogens is 284 g/mol. The van der Waals surface area contributed by atoms with Crippen molar-refractivity contribution in [3.05, 3.63) is 12.7 Å². The van der Waals surface area contributed by atoms with Gasteiger partial charge in [-0.1, -0.05) is 25.8 Å². The lowest BCUT2D eigenvalue weighted by atomic mass is 10.1. The minimum Gasteiger partial charge on any atom is -0.115 e. The Hall–Kier alpha value is 0.917. The second-order valence-electron chi connectivity index (χ2n) is 2.88. The molecule has 0 rings (SSSR count). The standard InChI is InChI=1S/C8H16Br2Si/c1-3-4-5-6-7-8(2)11(9)10/h3,8,11H,1,4-7H2,2H3. The Kier molecular flexibility index (Phi) is 8.19. The molecule has 0 aromatic rings. The molecule has 11 heavy (non-hydrogen) atoms. The van der Waals surface area contributed by atoms with Crippen molar-refractivity contribution in [3.63, 3.8) is 0 Å². The third-order valence-corrected chi connectivity index (χ3v) is 8.36. The molecule has 1 atom stereocenters. The predicted octanol–water partition coefficient (Wildman–Crippen LogP) is 4.13. The molecule has 0 saturated carbocycles. The first kappa shape index (κ1) is 11.9. The van der Waals surface area contributed by atoms with Crippen LogP contribution in [-0.4, -0.2) is 6.04 Å². The van der Waals surface area contributed by atoms with Crippen molar-refractivity contribution in [2.24, 2.45) is 0 Å². The Morgan fingerprint density at radius 3 is 2.55 bits per heavy atom. The molecule has 0 N–H and O–H groups in total. The molecule has 0 aromatic carbocycles. The fourth-order valence-electron chi connectivity index (χ4n) is 0.881. The Labute approximate surface area is 87.2 Å². The van der Waals surface area contributed by atoms with E-state index in [1.165, 1.54) is 25.7 Å². The number of unbranched alkanes of at least 4 members (excludes halogenated alkanes) is 2. The van der Waals surface area contributed by atoms with E-state index in [0.717, 1.165) is 5.54 Å². The highest BCUT2D eigenvalue weighted by molar-refractivity contribution is 9.49. The molecule has 0 aromatic heterocycles. The molecule has 0 heterocycles. The van der Waals surface area contributed by atoms with Gasteiger partial charge in [0, 0.05) is 0 Å². The summed E-state index contributed by atoms with van der Waals surface area (Å²) in [4.78, 5) is 0. The van der Waals surface area contributed by atoms with Crippen LogP contribution in [0.5, 0.6) is 0 Å². The Balaban J connectivity index is 3.17. The molecule has 3 heteroatoms. The van der Waals surface area contributed by atoms with E-state index in [1.807, 2.05) is 6.08 Å². The van der Waals surface area contributed by atoms with E-state index in [1.54, 1.807) is 0 Å². The third-order valence-electron chi connectivity index (χ3n) is 1.75. The second-order valence-corrected chi connectivity index (χ2v) is 14.3. The van der Waals surface area contributed by atoms with Gasteiger partial charge >= 0.3 is 0 Å². The molecule has 1 unspecified atom stereocenters. The van der Waals surface area contributed by atoms with Crippen LogP contribution in [0.1, 0.15) is 32.6 Å². The summed E-state index contributed by atoms with van der Waals surface area (Å²) >= 11 is 7.29. The largest absolute Gasteiger partial charge is 0.189 e. The number of rotatable bonds is 6. The van der Waals surface area contributed by atoms with Crippen molar-refractivity contribution in [3.8, 4) is 0 Å². The van der Waals surface area contributed by atoms with Crippen LogP contribution in [0.25, 0.3) is 0 Å². The second kappa shape index (κ2) is 7.56. The van der Waals surface area contributed by atoms with Crippen molar-refractivity contribution in [2.45, 2.75) is 38.1 Å². The molecule has 0 fully saturated rings. The van der Waals surface area contributed by atoms with Gasteiger partial charge < -0.3 is 0 Å². The fraction of sp³-hybridized carbons (Fsp3) is 0.750. The van der Waals surface area contributed by atoms with Crippen LogP contribution >= 0.6 is 30.6 Å². The van der Waals surface area contributed by atoms with Crippen LogP contribution in [-0.2, 0) is 0 Å². The number of allylic oxidation sites excluding steroid dienone is 1. The molecule has 0 bridgehead atoms. The lowest BCUT2D eigenvalue weighted by Crippen LogP contribution is -2.01. The molecule has 0 saturated heterocycles. The zero-order valence-corrected chi connectivity index (χ0v) is 11.4. The average molecular weight is 300 g/mol. The highest BCUT2D eigenvalue weighted by Crippen LogP contribution is 2.25. The van der Waals surface area contributed by atoms with E-state index < -0.39 is 6.04 Å². The van der Waals surface area contributed by atoms with Crippen LogP contribution in [0.15, 0.2) is 12.7 Å². The summed E-state index contributed by atoms with van der Waals surface area (Å²) < 4.78 is 0. The van der Waals surface area contributed by atoms with Gasteiger partial charge in [0.2, 0.25) is 0 Å². The zero-order chi connectivity index (χ0) is 8.69. The molecule has 0 aliphatic heterocycles. The molecule has 0 radical (unpaired) electrons. The lowest BCUT2D eigenvalue weighted by molar-refractivity contribution is 0.672. The molecule has 0 amide bonds. The Bertz CT molecular complexity index is 104. The van der Waals surface area contributed by atoms with Gasteiger partial charge in [-0.3, -0.25) is 0 Å². The van der Waals surface area contributed by atoms with E-state index in [2.05, 4.69) is 44.1 Å². The summed E-state index contributed by atoms with van der Waals surface area (Å²) in [7, 11) is 0. The highest BCUT2D eigenvalue weighted by atomic mass is 79.9. The maximum absolute atomic E-state index is 3.70. The molecule has 0 aliphatic carbocycles. The summed E-state index contributed by atoms with van der Waals surface area (Å²) in [6.45, 7) is 6.02. The van der Waals surface area contributed by atoms with Crippen LogP contribution in [0, 0.1) is 0 Å². The quantitative estimate of drug-likeness (QED) is 0.299. The third kappa shape index (κ3) is 7.28. The van der Waals surface area contributed by atoms with Crippen LogP contribution in [0.4, 0.5) is 0 Å². The van der Waals surface area contributed by atoms with E-state index >= 15 is 0 Å². The van der Waals surface area contributed by atoms with Crippen LogP contribution in [0.3, 0.4) is 0 Å². The summed E-state index contributed by atoms with van der Waals surface area (Å²) in [6, 6.07) is -0.717. The van der Waals surface area contributed by atoms with Crippen LogP contribution < -0.4 is 0 Å². The first-order valence-corrected chi connectivity index (χ1v) is 11.1. The Morgan fingerprint density at radius 2 is 2.09 bits per heavy atom. The summed E-state index contributed by atoms with van der Waals surface area (Å²) in [5, 5.41) is 0. The van der Waals surface area contributed by atoms with Crippen molar-refractivity contribution >= 4 is 36.6 Å². The smallest absolute Gasteiger partial charge is 0.115 e. The van der Waals surface area contributed by atoms with Gasteiger partial charge in [-0.15, -0.1) is 37.2 Å². The SMILES string of the molecule is C=CCCCCC(C)[SiH](Br)Br. The first-order chi connectivity index (χ1) is 5.18. The van der Waals surface area contributed by atoms with E-state index in [-0.39, 0.29) is 0 Å². The van der Waals surface area contributed by atoms with E-state index in [0.29, 0.717) is 0 Å². The van der Waals surface area contributed by atoms with Gasteiger partial charge in [0.15, 0.2) is 6.04 Å². The van der Waals surface area contributed by atoms with Gasteiger partial charge in [0.05, 0.1) is 0 Å². The summed E-state index contributed by atoms with van der Waals surface area (Å²) in [5.74, 6) is 0. The van der Waals surface area contributed by atoms with Crippen molar-refractivity contribution in [1.29, 1.82) is 0 Å². The molecule has 0 nitrogen and oxygen atoms in total. The zero-order valence-electron chi connectivity index (χ0n) is 7.02. The average Bonchev–Trinajstić information content (AvgIpc) is 1.97. The summed E-state index contributed by atoms with van der Waals surface area (Å²) in [6.07, 6.45) is 7.16. The normalized spacial score (nSPS) is 13.5. The summed E-state index contributed by atoms with van der Waals surface area (Å²) in [5.41, 5.74) is 0.861. The highest BCUT2D eigenvalue weighted by Gasteiger charge is 2.10. The van der Waals surface area contributed by atoms with Crippen molar-refractivity contribution < 1.29 is 0 Å². The van der Waals surface area contributed by atoms with Gasteiger partial charge in [0.25, 0.3) is 0 Å².